The fraction of sp³-hybridized carbons (Fsp3) is 0.684. The summed E-state index contributed by atoms with van der Waals surface area (Å²) in [6.07, 6.45) is 5.89. The molecular weight excluding hydrogens is 256 g/mol. The molecule has 1 aromatic rings. The zero-order valence-electron chi connectivity index (χ0n) is 13.8. The van der Waals surface area contributed by atoms with Gasteiger partial charge in [0.25, 0.3) is 0 Å². The molecule has 1 aromatic carbocycles. The molecule has 2 fully saturated rings. The van der Waals surface area contributed by atoms with Gasteiger partial charge in [0, 0.05) is 12.0 Å². The molecule has 0 aromatic heterocycles. The molecule has 1 saturated carbocycles. The largest absolute Gasteiger partial charge is 0.323 e. The topological polar surface area (TPSA) is 8.88 Å². The minimum atomic E-state index is 0.966. The molecule has 1 saturated heterocycles. The van der Waals surface area contributed by atoms with Crippen molar-refractivity contribution < 1.29 is 9.80 Å². The van der Waals surface area contributed by atoms with Crippen molar-refractivity contribution in [2.75, 3.05) is 26.2 Å². The van der Waals surface area contributed by atoms with Crippen LogP contribution in [0.1, 0.15) is 43.7 Å². The minimum Gasteiger partial charge on any atom is -0.323 e. The molecule has 1 heterocycles. The van der Waals surface area contributed by atoms with E-state index in [2.05, 4.69) is 38.1 Å². The second kappa shape index (κ2) is 6.93. The molecule has 2 N–H and O–H groups in total. The Balaban J connectivity index is 1.50. The predicted octanol–water partition coefficient (Wildman–Crippen LogP) is 0.857. The molecule has 2 nitrogen and oxygen atoms in total. The Labute approximate surface area is 130 Å². The average Bonchev–Trinajstić information content (AvgIpc) is 2.50. The summed E-state index contributed by atoms with van der Waals surface area (Å²) in [5.41, 5.74) is 3.00. The Morgan fingerprint density at radius 1 is 1.05 bits per heavy atom. The maximum absolute atomic E-state index is 2.45. The van der Waals surface area contributed by atoms with E-state index in [-0.39, 0.29) is 0 Å². The van der Waals surface area contributed by atoms with Gasteiger partial charge in [-0.15, -0.1) is 0 Å². The third kappa shape index (κ3) is 3.87. The molecule has 0 unspecified atom stereocenters. The number of piperazine rings is 1. The number of quaternary nitrogens is 2. The standard InChI is InChI=1S/C19H30N2/c1-16-6-5-9-19(14-16)21-12-10-20(11-13-21)15-18-8-4-3-7-17(18)2/h3-4,7-8,16,19H,5-6,9-15H2,1-2H3/p+2/t16-,19+/m1/s1. The highest BCUT2D eigenvalue weighted by atomic mass is 15.3. The molecule has 0 amide bonds. The molecule has 21 heavy (non-hydrogen) atoms. The third-order valence-electron chi connectivity index (χ3n) is 5.81. The molecule has 0 spiro atoms. The zero-order valence-corrected chi connectivity index (χ0v) is 13.8. The van der Waals surface area contributed by atoms with Crippen LogP contribution in [0.5, 0.6) is 0 Å². The predicted molar refractivity (Wildman–Crippen MR) is 87.7 cm³/mol. The second-order valence-electron chi connectivity index (χ2n) is 7.48. The van der Waals surface area contributed by atoms with Gasteiger partial charge in [-0.1, -0.05) is 37.6 Å². The van der Waals surface area contributed by atoms with Crippen LogP contribution >= 0.6 is 0 Å². The Kier molecular flexibility index (Phi) is 4.97. The number of rotatable bonds is 3. The first-order valence-corrected chi connectivity index (χ1v) is 8.95. The van der Waals surface area contributed by atoms with Crippen LogP contribution in [0.25, 0.3) is 0 Å². The summed E-state index contributed by atoms with van der Waals surface area (Å²) in [6, 6.07) is 9.87. The fourth-order valence-electron chi connectivity index (χ4n) is 4.39. The highest BCUT2D eigenvalue weighted by molar-refractivity contribution is 5.24. The third-order valence-corrected chi connectivity index (χ3v) is 5.81. The van der Waals surface area contributed by atoms with Crippen molar-refractivity contribution in [3.8, 4) is 0 Å². The Morgan fingerprint density at radius 3 is 2.52 bits per heavy atom. The molecule has 0 bridgehead atoms. The summed E-state index contributed by atoms with van der Waals surface area (Å²) in [6.45, 7) is 11.4. The van der Waals surface area contributed by atoms with E-state index >= 15 is 0 Å². The van der Waals surface area contributed by atoms with Crippen LogP contribution in [0.2, 0.25) is 0 Å². The fourth-order valence-corrected chi connectivity index (χ4v) is 4.39. The van der Waals surface area contributed by atoms with Gasteiger partial charge in [-0.05, 0) is 31.2 Å². The van der Waals surface area contributed by atoms with Gasteiger partial charge in [-0.2, -0.15) is 0 Å². The number of hydrogen-bond donors (Lipinski definition) is 2. The maximum Gasteiger partial charge on any atom is 0.127 e. The van der Waals surface area contributed by atoms with Gasteiger partial charge in [0.2, 0.25) is 0 Å². The van der Waals surface area contributed by atoms with Gasteiger partial charge in [-0.25, -0.2) is 0 Å². The van der Waals surface area contributed by atoms with Crippen LogP contribution in [0.4, 0.5) is 0 Å². The smallest absolute Gasteiger partial charge is 0.127 e. The highest BCUT2D eigenvalue weighted by Crippen LogP contribution is 2.21. The number of benzene rings is 1. The number of nitrogens with one attached hydrogen (secondary N) is 2. The molecule has 2 atom stereocenters. The SMILES string of the molecule is Cc1ccccc1C[NH+]1CC[NH+]([C@H]2CCC[C@@H](C)C2)CC1. The van der Waals surface area contributed by atoms with E-state index in [0.29, 0.717) is 0 Å². The minimum absolute atomic E-state index is 0.966. The Morgan fingerprint density at radius 2 is 1.81 bits per heavy atom. The number of hydrogen-bond acceptors (Lipinski definition) is 0. The lowest BCUT2D eigenvalue weighted by Gasteiger charge is -2.37. The van der Waals surface area contributed by atoms with E-state index in [0.717, 1.165) is 12.0 Å². The van der Waals surface area contributed by atoms with Crippen LogP contribution in [-0.4, -0.2) is 32.2 Å². The van der Waals surface area contributed by atoms with E-state index in [1.54, 1.807) is 10.5 Å². The molecular formula is C19H32N2+2. The Hall–Kier alpha value is -0.860. The van der Waals surface area contributed by atoms with E-state index in [4.69, 9.17) is 0 Å². The zero-order chi connectivity index (χ0) is 14.7. The van der Waals surface area contributed by atoms with Crippen LogP contribution < -0.4 is 9.80 Å². The first-order chi connectivity index (χ1) is 10.2. The first kappa shape index (κ1) is 15.1. The van der Waals surface area contributed by atoms with Crippen molar-refractivity contribution in [1.29, 1.82) is 0 Å². The molecule has 0 radical (unpaired) electrons. The summed E-state index contributed by atoms with van der Waals surface area (Å²) in [4.78, 5) is 3.70. The van der Waals surface area contributed by atoms with Crippen molar-refractivity contribution in [2.24, 2.45) is 5.92 Å². The van der Waals surface area contributed by atoms with E-state index < -0.39 is 0 Å². The van der Waals surface area contributed by atoms with Crippen molar-refractivity contribution in [1.82, 2.24) is 0 Å². The van der Waals surface area contributed by atoms with Gasteiger partial charge in [0.15, 0.2) is 0 Å². The Bertz CT molecular complexity index is 449. The molecule has 2 aliphatic rings. The van der Waals surface area contributed by atoms with Gasteiger partial charge >= 0.3 is 0 Å². The molecule has 116 valence electrons. The normalized spacial score (nSPS) is 33.8. The summed E-state index contributed by atoms with van der Waals surface area (Å²) in [5, 5.41) is 0. The summed E-state index contributed by atoms with van der Waals surface area (Å²) in [7, 11) is 0. The van der Waals surface area contributed by atoms with Gasteiger partial charge in [0.05, 0.1) is 6.04 Å². The summed E-state index contributed by atoms with van der Waals surface area (Å²) in [5.74, 6) is 0.966. The lowest BCUT2D eigenvalue weighted by Crippen LogP contribution is -3.29. The lowest BCUT2D eigenvalue weighted by atomic mass is 9.86. The quantitative estimate of drug-likeness (QED) is 0.816. The lowest BCUT2D eigenvalue weighted by molar-refractivity contribution is -1.03. The van der Waals surface area contributed by atoms with E-state index in [1.807, 2.05) is 4.90 Å². The van der Waals surface area contributed by atoms with Crippen molar-refractivity contribution in [2.45, 2.75) is 52.1 Å². The number of aryl methyl sites for hydroxylation is 1. The van der Waals surface area contributed by atoms with Gasteiger partial charge in [-0.3, -0.25) is 0 Å². The molecule has 1 aliphatic heterocycles. The monoisotopic (exact) mass is 288 g/mol. The average molecular weight is 288 g/mol. The molecule has 2 heteroatoms. The van der Waals surface area contributed by atoms with E-state index in [1.165, 1.54) is 64.0 Å². The van der Waals surface area contributed by atoms with Crippen LogP contribution in [0.3, 0.4) is 0 Å². The van der Waals surface area contributed by atoms with Crippen molar-refractivity contribution >= 4 is 0 Å². The van der Waals surface area contributed by atoms with Crippen molar-refractivity contribution in [3.05, 3.63) is 35.4 Å². The summed E-state index contributed by atoms with van der Waals surface area (Å²) >= 11 is 0. The van der Waals surface area contributed by atoms with E-state index in [9.17, 15) is 0 Å². The van der Waals surface area contributed by atoms with Crippen LogP contribution in [0.15, 0.2) is 24.3 Å². The second-order valence-corrected chi connectivity index (χ2v) is 7.48. The highest BCUT2D eigenvalue weighted by Gasteiger charge is 2.32. The van der Waals surface area contributed by atoms with Crippen LogP contribution in [-0.2, 0) is 6.54 Å². The van der Waals surface area contributed by atoms with Gasteiger partial charge < -0.3 is 9.80 Å². The maximum atomic E-state index is 2.45. The van der Waals surface area contributed by atoms with Gasteiger partial charge in [0.1, 0.15) is 32.7 Å². The molecule has 3 rings (SSSR count). The van der Waals surface area contributed by atoms with Crippen LogP contribution in [0, 0.1) is 12.8 Å². The van der Waals surface area contributed by atoms with Crippen molar-refractivity contribution in [3.63, 3.8) is 0 Å². The summed E-state index contributed by atoms with van der Waals surface area (Å²) < 4.78 is 0. The first-order valence-electron chi connectivity index (χ1n) is 8.95. The molecule has 1 aliphatic carbocycles.